The predicted molar refractivity (Wildman–Crippen MR) is 102 cm³/mol. The van der Waals surface area contributed by atoms with Crippen molar-refractivity contribution in [3.05, 3.63) is 48.5 Å². The van der Waals surface area contributed by atoms with E-state index in [9.17, 15) is 0 Å². The zero-order chi connectivity index (χ0) is 17.8. The van der Waals surface area contributed by atoms with Gasteiger partial charge >= 0.3 is 21.7 Å². The molecule has 0 unspecified atom stereocenters. The van der Waals surface area contributed by atoms with Crippen LogP contribution in [0.25, 0.3) is 0 Å². The minimum absolute atomic E-state index is 0. The molecule has 0 spiro atoms. The summed E-state index contributed by atoms with van der Waals surface area (Å²) in [6.07, 6.45) is 0. The summed E-state index contributed by atoms with van der Waals surface area (Å²) in [6.45, 7) is 14.2. The summed E-state index contributed by atoms with van der Waals surface area (Å²) in [4.78, 5) is 0. The van der Waals surface area contributed by atoms with Crippen LogP contribution in [0, 0.1) is 0 Å². The minimum Gasteiger partial charge on any atom is -0.857 e. The Kier molecular flexibility index (Phi) is 17.0. The van der Waals surface area contributed by atoms with Crippen LogP contribution < -0.4 is 20.6 Å². The van der Waals surface area contributed by atoms with Crippen LogP contribution in [0.1, 0.15) is 0 Å². The molecule has 0 radical (unpaired) electrons. The molecule has 0 fully saturated rings. The fraction of sp³-hybridized carbons (Fsp3) is 0.444. The quantitative estimate of drug-likeness (QED) is 0.586. The molecule has 2 aromatic carbocycles. The van der Waals surface area contributed by atoms with Gasteiger partial charge in [-0.3, -0.25) is 0 Å². The van der Waals surface area contributed by atoms with E-state index in [0.717, 1.165) is 14.2 Å². The number of hydrogen-bond acceptors (Lipinski definition) is 2. The molecule has 23 heavy (non-hydrogen) atoms. The zero-order valence-electron chi connectivity index (χ0n) is 15.9. The standard InChI is InChI=1S/2C8H13Si.2CH3O.Ti/c2*1-9(2,3)8-6-4-5-7-8;2*1-2;/h2*4-7H,1-3H3;2*1H3;/q4*-1;+4. The normalized spacial score (nSPS) is 9.83. The molecule has 0 aliphatic rings. The topological polar surface area (TPSA) is 46.1 Å². The van der Waals surface area contributed by atoms with Crippen molar-refractivity contribution in [3.8, 4) is 0 Å². The van der Waals surface area contributed by atoms with E-state index in [2.05, 4.69) is 87.8 Å². The van der Waals surface area contributed by atoms with Crippen LogP contribution in [-0.2, 0) is 21.7 Å². The molecule has 2 rings (SSSR count). The van der Waals surface area contributed by atoms with Crippen molar-refractivity contribution < 1.29 is 31.9 Å². The first-order chi connectivity index (χ1) is 10.2. The van der Waals surface area contributed by atoms with Crippen molar-refractivity contribution in [1.29, 1.82) is 0 Å². The SMILES string of the molecule is C[O-].C[O-].C[Si](C)(C)[c-]1cccc1.C[Si](C)(C)[c-]1cccc1.[Ti+4]. The fourth-order valence-electron chi connectivity index (χ4n) is 1.75. The largest absolute Gasteiger partial charge is 4.00 e. The van der Waals surface area contributed by atoms with Crippen LogP contribution in [0.15, 0.2) is 48.5 Å². The van der Waals surface area contributed by atoms with Crippen LogP contribution in [-0.4, -0.2) is 30.4 Å². The Bertz CT molecular complexity index is 394. The molecule has 0 heterocycles. The summed E-state index contributed by atoms with van der Waals surface area (Å²) in [5, 5.41) is 19.6. The van der Waals surface area contributed by atoms with Gasteiger partial charge in [-0.15, -0.1) is 0 Å². The summed E-state index contributed by atoms with van der Waals surface area (Å²) in [5.74, 6) is 0. The molecule has 0 atom stereocenters. The van der Waals surface area contributed by atoms with Gasteiger partial charge < -0.3 is 10.2 Å². The average molecular weight is 384 g/mol. The Hall–Kier alpha value is -0.232. The Morgan fingerprint density at radius 1 is 0.522 bits per heavy atom. The van der Waals surface area contributed by atoms with E-state index in [0.29, 0.717) is 0 Å². The third kappa shape index (κ3) is 12.8. The van der Waals surface area contributed by atoms with E-state index in [1.807, 2.05) is 0 Å². The molecular weight excluding hydrogens is 352 g/mol. The average Bonchev–Trinajstić information content (AvgIpc) is 3.16. The van der Waals surface area contributed by atoms with Gasteiger partial charge in [0.1, 0.15) is 0 Å². The number of rotatable bonds is 2. The zero-order valence-corrected chi connectivity index (χ0v) is 19.5. The molecule has 0 amide bonds. The van der Waals surface area contributed by atoms with Gasteiger partial charge in [0.05, 0.1) is 0 Å². The second kappa shape index (κ2) is 14.1. The molecule has 0 N–H and O–H groups in total. The van der Waals surface area contributed by atoms with Gasteiger partial charge in [-0.25, -0.2) is 24.3 Å². The van der Waals surface area contributed by atoms with Gasteiger partial charge in [-0.2, -0.15) is 48.9 Å². The van der Waals surface area contributed by atoms with Crippen LogP contribution in [0.4, 0.5) is 0 Å². The van der Waals surface area contributed by atoms with Gasteiger partial charge in [-0.1, -0.05) is 39.3 Å². The van der Waals surface area contributed by atoms with E-state index < -0.39 is 16.1 Å². The van der Waals surface area contributed by atoms with E-state index in [1.54, 1.807) is 10.4 Å². The molecule has 0 saturated carbocycles. The summed E-state index contributed by atoms with van der Waals surface area (Å²) in [5.41, 5.74) is 0. The Morgan fingerprint density at radius 2 is 0.696 bits per heavy atom. The third-order valence-corrected chi connectivity index (χ3v) is 7.19. The summed E-state index contributed by atoms with van der Waals surface area (Å²) >= 11 is 0. The smallest absolute Gasteiger partial charge is 0.857 e. The summed E-state index contributed by atoms with van der Waals surface area (Å²) in [7, 11) is -0.462. The van der Waals surface area contributed by atoms with Gasteiger partial charge in [0.15, 0.2) is 0 Å². The Labute approximate surface area is 160 Å². The first kappa shape index (κ1) is 27.6. The van der Waals surface area contributed by atoms with Crippen molar-refractivity contribution >= 4 is 26.5 Å². The maximum atomic E-state index is 8.25. The summed E-state index contributed by atoms with van der Waals surface area (Å²) < 4.78 is 0. The minimum atomic E-state index is -0.981. The van der Waals surface area contributed by atoms with Crippen molar-refractivity contribution in [3.63, 3.8) is 0 Å². The molecule has 0 saturated heterocycles. The van der Waals surface area contributed by atoms with Gasteiger partial charge in [0.25, 0.3) is 0 Å². The predicted octanol–water partition coefficient (Wildman–Crippen LogP) is 1.85. The van der Waals surface area contributed by atoms with Gasteiger partial charge in [0, 0.05) is 16.1 Å². The second-order valence-corrected chi connectivity index (χ2v) is 17.0. The van der Waals surface area contributed by atoms with E-state index in [1.165, 1.54) is 0 Å². The first-order valence-electron chi connectivity index (χ1n) is 7.47. The van der Waals surface area contributed by atoms with Crippen molar-refractivity contribution in [2.24, 2.45) is 0 Å². The maximum absolute atomic E-state index is 8.25. The van der Waals surface area contributed by atoms with Crippen LogP contribution >= 0.6 is 0 Å². The first-order valence-corrected chi connectivity index (χ1v) is 14.5. The van der Waals surface area contributed by atoms with E-state index in [4.69, 9.17) is 10.2 Å². The monoisotopic (exact) mass is 384 g/mol. The van der Waals surface area contributed by atoms with E-state index in [-0.39, 0.29) is 21.7 Å². The Morgan fingerprint density at radius 3 is 0.783 bits per heavy atom. The molecule has 0 aromatic heterocycles. The molecular formula is C18H32O2Si2Ti. The molecule has 0 bridgehead atoms. The van der Waals surface area contributed by atoms with Crippen LogP contribution in [0.5, 0.6) is 0 Å². The van der Waals surface area contributed by atoms with Crippen molar-refractivity contribution in [2.75, 3.05) is 14.2 Å². The molecule has 2 nitrogen and oxygen atoms in total. The van der Waals surface area contributed by atoms with Crippen LogP contribution in [0.2, 0.25) is 39.3 Å². The number of hydrogen-bond donors (Lipinski definition) is 0. The molecule has 128 valence electrons. The fourth-order valence-corrected chi connectivity index (χ4v) is 4.13. The molecule has 5 heteroatoms. The van der Waals surface area contributed by atoms with Gasteiger partial charge in [0.2, 0.25) is 0 Å². The van der Waals surface area contributed by atoms with Crippen LogP contribution in [0.3, 0.4) is 0 Å². The van der Waals surface area contributed by atoms with Crippen molar-refractivity contribution in [1.82, 2.24) is 0 Å². The Balaban J connectivity index is -0.000000276. The maximum Gasteiger partial charge on any atom is 4.00 e. The molecule has 2 aromatic rings. The summed E-state index contributed by atoms with van der Waals surface area (Å²) in [6, 6.07) is 17.4. The third-order valence-electron chi connectivity index (χ3n) is 3.06. The molecule has 0 aliphatic carbocycles. The second-order valence-electron chi connectivity index (χ2n) is 6.85. The van der Waals surface area contributed by atoms with Gasteiger partial charge in [-0.05, 0) is 0 Å². The van der Waals surface area contributed by atoms with Crippen molar-refractivity contribution in [2.45, 2.75) is 39.3 Å². The van der Waals surface area contributed by atoms with E-state index >= 15 is 0 Å². The molecule has 0 aliphatic heterocycles.